The first-order valence-electron chi connectivity index (χ1n) is 5.61. The largest absolute Gasteiger partial charge is 0.477 e. The number of benzene rings is 1. The van der Waals surface area contributed by atoms with Crippen molar-refractivity contribution >= 4 is 5.97 Å². The molecule has 0 fully saturated rings. The van der Waals surface area contributed by atoms with E-state index in [2.05, 4.69) is 4.98 Å². The van der Waals surface area contributed by atoms with Crippen LogP contribution in [0.3, 0.4) is 0 Å². The molecule has 0 radical (unpaired) electrons. The Bertz CT molecular complexity index is 641. The molecule has 1 aromatic heterocycles. The van der Waals surface area contributed by atoms with Crippen LogP contribution in [0.5, 0.6) is 11.5 Å². The predicted molar refractivity (Wildman–Crippen MR) is 67.1 cm³/mol. The van der Waals surface area contributed by atoms with Crippen molar-refractivity contribution in [2.45, 2.75) is 13.8 Å². The SMILES string of the molecule is Cc1cc(Oc2ccc(C)c(F)c2)c(C(=O)O)cn1. The quantitative estimate of drug-likeness (QED) is 0.920. The highest BCUT2D eigenvalue weighted by molar-refractivity contribution is 5.90. The van der Waals surface area contributed by atoms with Crippen LogP contribution in [0, 0.1) is 19.7 Å². The molecule has 0 amide bonds. The van der Waals surface area contributed by atoms with Crippen LogP contribution in [0.15, 0.2) is 30.5 Å². The van der Waals surface area contributed by atoms with Crippen molar-refractivity contribution in [1.82, 2.24) is 4.98 Å². The van der Waals surface area contributed by atoms with E-state index in [9.17, 15) is 9.18 Å². The lowest BCUT2D eigenvalue weighted by atomic mass is 10.2. The van der Waals surface area contributed by atoms with E-state index >= 15 is 0 Å². The molecule has 0 aliphatic rings. The molecule has 0 saturated carbocycles. The standard InChI is InChI=1S/C14H12FNO3/c1-8-3-4-10(6-12(8)15)19-13-5-9(2)16-7-11(13)14(17)18/h3-7H,1-2H3,(H,17,18). The van der Waals surface area contributed by atoms with Crippen molar-refractivity contribution in [3.63, 3.8) is 0 Å². The molecule has 19 heavy (non-hydrogen) atoms. The number of rotatable bonds is 3. The Morgan fingerprint density at radius 2 is 2.05 bits per heavy atom. The Kier molecular flexibility index (Phi) is 3.46. The number of aromatic nitrogens is 1. The first-order valence-corrected chi connectivity index (χ1v) is 5.61. The van der Waals surface area contributed by atoms with Crippen molar-refractivity contribution in [2.75, 3.05) is 0 Å². The molecule has 2 aromatic rings. The first kappa shape index (κ1) is 13.0. The number of carboxylic acid groups (broad SMARTS) is 1. The van der Waals surface area contributed by atoms with E-state index in [-0.39, 0.29) is 17.1 Å². The van der Waals surface area contributed by atoms with Gasteiger partial charge in [-0.05, 0) is 25.5 Å². The van der Waals surface area contributed by atoms with E-state index in [4.69, 9.17) is 9.84 Å². The zero-order chi connectivity index (χ0) is 14.0. The van der Waals surface area contributed by atoms with Crippen molar-refractivity contribution in [3.8, 4) is 11.5 Å². The van der Waals surface area contributed by atoms with E-state index < -0.39 is 11.8 Å². The molecule has 0 unspecified atom stereocenters. The van der Waals surface area contributed by atoms with Crippen LogP contribution < -0.4 is 4.74 Å². The van der Waals surface area contributed by atoms with Gasteiger partial charge in [0.25, 0.3) is 0 Å². The van der Waals surface area contributed by atoms with Crippen molar-refractivity contribution < 1.29 is 19.0 Å². The van der Waals surface area contributed by atoms with Crippen molar-refractivity contribution in [3.05, 3.63) is 53.1 Å². The zero-order valence-corrected chi connectivity index (χ0v) is 10.5. The summed E-state index contributed by atoms with van der Waals surface area (Å²) in [4.78, 5) is 14.9. The Labute approximate surface area is 109 Å². The Balaban J connectivity index is 2.39. The molecular weight excluding hydrogens is 249 g/mol. The van der Waals surface area contributed by atoms with E-state index in [1.165, 1.54) is 18.3 Å². The number of halogens is 1. The number of carbonyl (C=O) groups is 1. The minimum Gasteiger partial charge on any atom is -0.477 e. The lowest BCUT2D eigenvalue weighted by Gasteiger charge is -2.09. The first-order chi connectivity index (χ1) is 8.97. The molecule has 1 N–H and O–H groups in total. The molecule has 5 heteroatoms. The minimum absolute atomic E-state index is 0.0633. The minimum atomic E-state index is -1.14. The third kappa shape index (κ3) is 2.88. The maximum Gasteiger partial charge on any atom is 0.341 e. The molecule has 4 nitrogen and oxygen atoms in total. The number of hydrogen-bond donors (Lipinski definition) is 1. The van der Waals surface area contributed by atoms with Gasteiger partial charge >= 0.3 is 5.97 Å². The van der Waals surface area contributed by atoms with Gasteiger partial charge in [0.2, 0.25) is 0 Å². The van der Waals surface area contributed by atoms with Crippen LogP contribution in [0.4, 0.5) is 4.39 Å². The fourth-order valence-electron chi connectivity index (χ4n) is 1.54. The predicted octanol–water partition coefficient (Wildman–Crippen LogP) is 3.33. The topological polar surface area (TPSA) is 59.4 Å². The lowest BCUT2D eigenvalue weighted by molar-refractivity contribution is 0.0693. The third-order valence-electron chi connectivity index (χ3n) is 2.60. The van der Waals surface area contributed by atoms with Gasteiger partial charge in [0.15, 0.2) is 0 Å². The molecule has 0 bridgehead atoms. The molecule has 0 aliphatic carbocycles. The Morgan fingerprint density at radius 1 is 1.32 bits per heavy atom. The fraction of sp³-hybridized carbons (Fsp3) is 0.143. The summed E-state index contributed by atoms with van der Waals surface area (Å²) in [7, 11) is 0. The molecule has 0 spiro atoms. The van der Waals surface area contributed by atoms with Gasteiger partial charge in [-0.3, -0.25) is 4.98 Å². The third-order valence-corrected chi connectivity index (χ3v) is 2.60. The molecular formula is C14H12FNO3. The van der Waals surface area contributed by atoms with Crippen LogP contribution in [-0.2, 0) is 0 Å². The monoisotopic (exact) mass is 261 g/mol. The molecule has 1 heterocycles. The maximum atomic E-state index is 13.4. The van der Waals surface area contributed by atoms with E-state index in [1.54, 1.807) is 26.0 Å². The molecule has 98 valence electrons. The second-order valence-corrected chi connectivity index (χ2v) is 4.14. The van der Waals surface area contributed by atoms with Gasteiger partial charge in [-0.25, -0.2) is 9.18 Å². The lowest BCUT2D eigenvalue weighted by Crippen LogP contribution is -2.02. The summed E-state index contributed by atoms with van der Waals surface area (Å²) in [5.74, 6) is -1.16. The maximum absolute atomic E-state index is 13.4. The highest BCUT2D eigenvalue weighted by atomic mass is 19.1. The Hall–Kier alpha value is -2.43. The van der Waals surface area contributed by atoms with Crippen LogP contribution in [0.2, 0.25) is 0 Å². The second-order valence-electron chi connectivity index (χ2n) is 4.14. The summed E-state index contributed by atoms with van der Waals surface area (Å²) in [5.41, 5.74) is 1.05. The fourth-order valence-corrected chi connectivity index (χ4v) is 1.54. The van der Waals surface area contributed by atoms with Crippen LogP contribution in [0.25, 0.3) is 0 Å². The number of ether oxygens (including phenoxy) is 1. The van der Waals surface area contributed by atoms with Gasteiger partial charge in [0.05, 0.1) is 0 Å². The number of aryl methyl sites for hydroxylation is 2. The summed E-state index contributed by atoms with van der Waals surface area (Å²) in [6.45, 7) is 3.35. The molecule has 0 atom stereocenters. The molecule has 2 rings (SSSR count). The van der Waals surface area contributed by atoms with Gasteiger partial charge in [0, 0.05) is 24.0 Å². The van der Waals surface area contributed by atoms with Gasteiger partial charge < -0.3 is 9.84 Å². The number of hydrogen-bond acceptors (Lipinski definition) is 3. The highest BCUT2D eigenvalue weighted by Crippen LogP contribution is 2.26. The van der Waals surface area contributed by atoms with Crippen molar-refractivity contribution in [1.29, 1.82) is 0 Å². The molecule has 1 aromatic carbocycles. The van der Waals surface area contributed by atoms with E-state index in [0.29, 0.717) is 11.3 Å². The summed E-state index contributed by atoms with van der Waals surface area (Å²) in [6, 6.07) is 5.87. The van der Waals surface area contributed by atoms with Gasteiger partial charge in [-0.1, -0.05) is 6.07 Å². The second kappa shape index (κ2) is 5.06. The van der Waals surface area contributed by atoms with E-state index in [0.717, 1.165) is 0 Å². The van der Waals surface area contributed by atoms with E-state index in [1.807, 2.05) is 0 Å². The summed E-state index contributed by atoms with van der Waals surface area (Å²) in [5, 5.41) is 9.04. The summed E-state index contributed by atoms with van der Waals surface area (Å²) in [6.07, 6.45) is 1.22. The average Bonchev–Trinajstić information content (AvgIpc) is 2.33. The van der Waals surface area contributed by atoms with Gasteiger partial charge in [-0.15, -0.1) is 0 Å². The van der Waals surface area contributed by atoms with Crippen LogP contribution in [-0.4, -0.2) is 16.1 Å². The molecule has 0 aliphatic heterocycles. The average molecular weight is 261 g/mol. The normalized spacial score (nSPS) is 10.3. The number of nitrogens with zero attached hydrogens (tertiary/aromatic N) is 1. The Morgan fingerprint density at radius 3 is 2.68 bits per heavy atom. The number of aromatic carboxylic acids is 1. The summed E-state index contributed by atoms with van der Waals surface area (Å²) >= 11 is 0. The van der Waals surface area contributed by atoms with Crippen molar-refractivity contribution in [2.24, 2.45) is 0 Å². The highest BCUT2D eigenvalue weighted by Gasteiger charge is 2.13. The summed E-state index contributed by atoms with van der Waals surface area (Å²) < 4.78 is 18.8. The van der Waals surface area contributed by atoms with Crippen LogP contribution in [0.1, 0.15) is 21.6 Å². The van der Waals surface area contributed by atoms with Gasteiger partial charge in [-0.2, -0.15) is 0 Å². The number of carboxylic acids is 1. The van der Waals surface area contributed by atoms with Crippen LogP contribution >= 0.6 is 0 Å². The van der Waals surface area contributed by atoms with Gasteiger partial charge in [0.1, 0.15) is 22.9 Å². The number of pyridine rings is 1. The smallest absolute Gasteiger partial charge is 0.341 e. The zero-order valence-electron chi connectivity index (χ0n) is 10.5. The molecule has 0 saturated heterocycles.